The molecule has 0 aliphatic carbocycles. The third-order valence-electron chi connectivity index (χ3n) is 3.60. The van der Waals surface area contributed by atoms with E-state index in [1.54, 1.807) is 6.07 Å². The van der Waals surface area contributed by atoms with Crippen LogP contribution in [-0.4, -0.2) is 5.11 Å². The van der Waals surface area contributed by atoms with Crippen molar-refractivity contribution >= 4 is 0 Å². The molecule has 4 rings (SSSR count). The van der Waals surface area contributed by atoms with Crippen molar-refractivity contribution in [2.24, 2.45) is 0 Å². The second-order valence-corrected chi connectivity index (χ2v) is 4.79. The number of fused-ring (bicyclic) bond motifs is 5. The van der Waals surface area contributed by atoms with Gasteiger partial charge in [-0.25, -0.2) is 0 Å². The van der Waals surface area contributed by atoms with Crippen molar-refractivity contribution in [3.63, 3.8) is 0 Å². The van der Waals surface area contributed by atoms with Gasteiger partial charge in [-0.15, -0.1) is 0 Å². The number of para-hydroxylation sites is 2. The summed E-state index contributed by atoms with van der Waals surface area (Å²) in [5, 5.41) is 10.3. The minimum Gasteiger partial charge on any atom is -0.507 e. The lowest BCUT2D eigenvalue weighted by molar-refractivity contribution is 0.475. The smallest absolute Gasteiger partial charge is 0.135 e. The molecule has 1 N–H and O–H groups in total. The van der Waals surface area contributed by atoms with Crippen molar-refractivity contribution < 1.29 is 9.84 Å². The quantitative estimate of drug-likeness (QED) is 0.490. The van der Waals surface area contributed by atoms with Gasteiger partial charge >= 0.3 is 0 Å². The van der Waals surface area contributed by atoms with Crippen molar-refractivity contribution in [3.05, 3.63) is 66.7 Å². The minimum absolute atomic E-state index is 0.273. The van der Waals surface area contributed by atoms with Crippen molar-refractivity contribution in [1.82, 2.24) is 0 Å². The number of hydrogen-bond donors (Lipinski definition) is 1. The summed E-state index contributed by atoms with van der Waals surface area (Å²) in [7, 11) is 0. The monoisotopic (exact) mass is 260 g/mol. The molecule has 3 aromatic rings. The first-order valence-corrected chi connectivity index (χ1v) is 6.53. The first kappa shape index (κ1) is 11.1. The molecule has 0 spiro atoms. The van der Waals surface area contributed by atoms with Crippen LogP contribution in [0.5, 0.6) is 17.2 Å². The van der Waals surface area contributed by atoms with Gasteiger partial charge in [-0.05, 0) is 23.8 Å². The molecule has 3 aromatic carbocycles. The molecule has 0 atom stereocenters. The second kappa shape index (κ2) is 4.14. The Labute approximate surface area is 116 Å². The molecule has 1 heterocycles. The Morgan fingerprint density at radius 3 is 2.00 bits per heavy atom. The summed E-state index contributed by atoms with van der Waals surface area (Å²) in [5.74, 6) is 1.85. The van der Waals surface area contributed by atoms with E-state index in [2.05, 4.69) is 0 Å². The zero-order chi connectivity index (χ0) is 13.5. The Morgan fingerprint density at radius 1 is 0.600 bits per heavy atom. The van der Waals surface area contributed by atoms with Gasteiger partial charge < -0.3 is 9.84 Å². The first-order valence-electron chi connectivity index (χ1n) is 6.53. The summed E-state index contributed by atoms with van der Waals surface area (Å²) in [6, 6.07) is 21.3. The van der Waals surface area contributed by atoms with Gasteiger partial charge in [0.1, 0.15) is 17.2 Å². The summed E-state index contributed by atoms with van der Waals surface area (Å²) in [6.07, 6.45) is 0. The van der Waals surface area contributed by atoms with Crippen molar-refractivity contribution in [3.8, 4) is 39.5 Å². The molecule has 20 heavy (non-hydrogen) atoms. The topological polar surface area (TPSA) is 29.5 Å². The zero-order valence-corrected chi connectivity index (χ0v) is 10.7. The third-order valence-corrected chi connectivity index (χ3v) is 3.60. The van der Waals surface area contributed by atoms with Gasteiger partial charge in [0.2, 0.25) is 0 Å². The molecule has 0 unspecified atom stereocenters. The first-order chi connectivity index (χ1) is 9.84. The largest absolute Gasteiger partial charge is 0.507 e. The molecular weight excluding hydrogens is 248 g/mol. The van der Waals surface area contributed by atoms with E-state index in [4.69, 9.17) is 4.74 Å². The van der Waals surface area contributed by atoms with Gasteiger partial charge in [-0.2, -0.15) is 0 Å². The van der Waals surface area contributed by atoms with Crippen LogP contribution in [0.1, 0.15) is 0 Å². The van der Waals surface area contributed by atoms with Crippen LogP contribution in [0, 0.1) is 0 Å². The number of hydrogen-bond acceptors (Lipinski definition) is 2. The number of phenolic OH excluding ortho intramolecular Hbond substituents is 1. The van der Waals surface area contributed by atoms with Gasteiger partial charge in [0.15, 0.2) is 0 Å². The van der Waals surface area contributed by atoms with Crippen molar-refractivity contribution in [2.75, 3.05) is 0 Å². The fraction of sp³-hybridized carbons (Fsp3) is 0. The molecule has 1 aliphatic heterocycles. The summed E-state index contributed by atoms with van der Waals surface area (Å²) < 4.78 is 6.03. The van der Waals surface area contributed by atoms with E-state index in [0.717, 1.165) is 33.8 Å². The lowest BCUT2D eigenvalue weighted by Gasteiger charge is -2.10. The Hall–Kier alpha value is -2.74. The van der Waals surface area contributed by atoms with Gasteiger partial charge in [-0.1, -0.05) is 48.5 Å². The Balaban J connectivity index is 2.16. The number of benzene rings is 3. The van der Waals surface area contributed by atoms with Crippen LogP contribution in [0.2, 0.25) is 0 Å². The van der Waals surface area contributed by atoms with E-state index in [0.29, 0.717) is 0 Å². The molecule has 0 bridgehead atoms. The maximum atomic E-state index is 10.3. The number of ether oxygens (including phenoxy) is 1. The molecule has 2 nitrogen and oxygen atoms in total. The number of aromatic hydroxyl groups is 1. The average molecular weight is 260 g/mol. The van der Waals surface area contributed by atoms with Crippen LogP contribution < -0.4 is 4.74 Å². The fourth-order valence-corrected chi connectivity index (χ4v) is 2.71. The molecule has 0 amide bonds. The van der Waals surface area contributed by atoms with Crippen LogP contribution in [0.25, 0.3) is 22.3 Å². The van der Waals surface area contributed by atoms with Crippen LogP contribution in [-0.2, 0) is 0 Å². The van der Waals surface area contributed by atoms with E-state index >= 15 is 0 Å². The maximum absolute atomic E-state index is 10.3. The van der Waals surface area contributed by atoms with E-state index in [9.17, 15) is 5.11 Å². The molecule has 96 valence electrons. The molecule has 0 saturated carbocycles. The van der Waals surface area contributed by atoms with Crippen LogP contribution in [0.15, 0.2) is 66.7 Å². The third kappa shape index (κ3) is 1.51. The molecule has 0 fully saturated rings. The lowest BCUT2D eigenvalue weighted by Crippen LogP contribution is -1.85. The highest BCUT2D eigenvalue weighted by atomic mass is 16.5. The molecule has 0 radical (unpaired) electrons. The zero-order valence-electron chi connectivity index (χ0n) is 10.7. The van der Waals surface area contributed by atoms with Gasteiger partial charge in [0, 0.05) is 16.7 Å². The number of phenols is 1. The van der Waals surface area contributed by atoms with E-state index in [1.165, 1.54) is 0 Å². The standard InChI is InChI=1S/C18H12O2/c19-15-9-5-8-13-12-6-1-3-10-16(12)20-17-11-4-2-7-14(17)18(13)15/h1-11,19H. The maximum Gasteiger partial charge on any atom is 0.135 e. The van der Waals surface area contributed by atoms with Crippen LogP contribution in [0.3, 0.4) is 0 Å². The summed E-state index contributed by atoms with van der Waals surface area (Å²) in [5.41, 5.74) is 3.73. The Morgan fingerprint density at radius 2 is 1.20 bits per heavy atom. The highest BCUT2D eigenvalue weighted by molar-refractivity contribution is 5.93. The van der Waals surface area contributed by atoms with Crippen LogP contribution in [0.4, 0.5) is 0 Å². The SMILES string of the molecule is Oc1cccc2c1-c1ccccc1Oc1ccccc1-2. The summed E-state index contributed by atoms with van der Waals surface area (Å²) in [4.78, 5) is 0. The Kier molecular flexibility index (Phi) is 2.30. The minimum atomic E-state index is 0.273. The van der Waals surface area contributed by atoms with Crippen molar-refractivity contribution in [2.45, 2.75) is 0 Å². The molecule has 2 heteroatoms. The van der Waals surface area contributed by atoms with Crippen molar-refractivity contribution in [1.29, 1.82) is 0 Å². The molecule has 1 aliphatic rings. The van der Waals surface area contributed by atoms with Crippen LogP contribution >= 0.6 is 0 Å². The van der Waals surface area contributed by atoms with E-state index in [1.807, 2.05) is 60.7 Å². The number of rotatable bonds is 0. The van der Waals surface area contributed by atoms with E-state index < -0.39 is 0 Å². The van der Waals surface area contributed by atoms with Gasteiger partial charge in [0.05, 0.1) is 0 Å². The highest BCUT2D eigenvalue weighted by Gasteiger charge is 2.22. The predicted molar refractivity (Wildman–Crippen MR) is 79.1 cm³/mol. The van der Waals surface area contributed by atoms with Gasteiger partial charge in [-0.3, -0.25) is 0 Å². The predicted octanol–water partition coefficient (Wildman–Crippen LogP) is 4.83. The Bertz CT molecular complexity index is 806. The molecule has 0 saturated heterocycles. The normalized spacial score (nSPS) is 11.6. The molecule has 0 aromatic heterocycles. The summed E-state index contributed by atoms with van der Waals surface area (Å²) in [6.45, 7) is 0. The average Bonchev–Trinajstić information content (AvgIpc) is 2.62. The lowest BCUT2D eigenvalue weighted by atomic mass is 9.94. The molecular formula is C18H12O2. The van der Waals surface area contributed by atoms with Gasteiger partial charge in [0.25, 0.3) is 0 Å². The van der Waals surface area contributed by atoms with E-state index in [-0.39, 0.29) is 5.75 Å². The second-order valence-electron chi connectivity index (χ2n) is 4.79. The fourth-order valence-electron chi connectivity index (χ4n) is 2.71. The highest BCUT2D eigenvalue weighted by Crippen LogP contribution is 2.49. The summed E-state index contributed by atoms with van der Waals surface area (Å²) >= 11 is 0.